The molecule has 1 rings (SSSR count). The van der Waals surface area contributed by atoms with Crippen LogP contribution in [0.5, 0.6) is 0 Å². The highest BCUT2D eigenvalue weighted by Gasteiger charge is 1.97. The highest BCUT2D eigenvalue weighted by molar-refractivity contribution is 9.10. The highest BCUT2D eigenvalue weighted by atomic mass is 79.9. The first-order valence-corrected chi connectivity index (χ1v) is 4.47. The fourth-order valence-corrected chi connectivity index (χ4v) is 1.18. The minimum Gasteiger partial charge on any atom is -0.361 e. The van der Waals surface area contributed by atoms with Gasteiger partial charge in [0.2, 0.25) is 0 Å². The van der Waals surface area contributed by atoms with Crippen molar-refractivity contribution in [2.45, 2.75) is 13.7 Å². The van der Waals surface area contributed by atoms with Gasteiger partial charge in [-0.2, -0.15) is 0 Å². The number of pyridine rings is 1. The molecule has 1 aromatic rings. The summed E-state index contributed by atoms with van der Waals surface area (Å²) in [7, 11) is 0. The molecule has 1 aromatic heterocycles. The van der Waals surface area contributed by atoms with E-state index in [0.717, 1.165) is 0 Å². The molecule has 0 unspecified atom stereocenters. The van der Waals surface area contributed by atoms with Crippen molar-refractivity contribution in [2.75, 3.05) is 6.61 Å². The first-order valence-electron chi connectivity index (χ1n) is 3.68. The fourth-order valence-electron chi connectivity index (χ4n) is 0.799. The molecule has 0 bridgehead atoms. The number of halogens is 1. The molecule has 0 aliphatic heterocycles. The van der Waals surface area contributed by atoms with Gasteiger partial charge in [0.05, 0.1) is 4.47 Å². The molecule has 0 N–H and O–H groups in total. The number of rotatable bonds is 3. The van der Waals surface area contributed by atoms with Gasteiger partial charge in [-0.1, -0.05) is 0 Å². The molecule has 0 aromatic carbocycles. The average Bonchev–Trinajstić information content (AvgIpc) is 2.08. The van der Waals surface area contributed by atoms with Crippen LogP contribution in [0.4, 0.5) is 0 Å². The summed E-state index contributed by atoms with van der Waals surface area (Å²) in [4.78, 5) is 11.3. The maximum Gasteiger partial charge on any atom is 0.266 e. The van der Waals surface area contributed by atoms with E-state index in [4.69, 9.17) is 4.74 Å². The number of ether oxygens (including phenoxy) is 1. The largest absolute Gasteiger partial charge is 0.361 e. The van der Waals surface area contributed by atoms with Crippen molar-refractivity contribution in [2.24, 2.45) is 0 Å². The standard InChI is InChI=1S/C8H10BrNO2/c1-2-12-6-10-5-3-4-7(9)8(10)11/h3-5H,2,6H2,1H3. The Balaban J connectivity index is 2.85. The molecule has 0 aliphatic rings. The summed E-state index contributed by atoms with van der Waals surface area (Å²) in [5.74, 6) is 0. The van der Waals surface area contributed by atoms with Crippen LogP contribution in [0.25, 0.3) is 0 Å². The van der Waals surface area contributed by atoms with Crippen molar-refractivity contribution in [3.05, 3.63) is 33.2 Å². The molecule has 0 saturated carbocycles. The minimum absolute atomic E-state index is 0.0639. The van der Waals surface area contributed by atoms with Crippen LogP contribution in [0.2, 0.25) is 0 Å². The quantitative estimate of drug-likeness (QED) is 0.792. The van der Waals surface area contributed by atoms with Crippen LogP contribution in [0, 0.1) is 0 Å². The monoisotopic (exact) mass is 231 g/mol. The molecule has 0 amide bonds. The van der Waals surface area contributed by atoms with Gasteiger partial charge in [0, 0.05) is 12.8 Å². The van der Waals surface area contributed by atoms with Gasteiger partial charge in [0.15, 0.2) is 0 Å². The Kier molecular flexibility index (Phi) is 3.49. The van der Waals surface area contributed by atoms with E-state index in [0.29, 0.717) is 17.8 Å². The normalized spacial score (nSPS) is 10.2. The smallest absolute Gasteiger partial charge is 0.266 e. The zero-order valence-electron chi connectivity index (χ0n) is 6.79. The van der Waals surface area contributed by atoms with Crippen molar-refractivity contribution < 1.29 is 4.74 Å². The SMILES string of the molecule is CCOCn1cccc(Br)c1=O. The highest BCUT2D eigenvalue weighted by Crippen LogP contribution is 2.00. The van der Waals surface area contributed by atoms with E-state index in [1.54, 1.807) is 18.3 Å². The second-order valence-corrected chi connectivity index (χ2v) is 3.11. The topological polar surface area (TPSA) is 31.2 Å². The van der Waals surface area contributed by atoms with Gasteiger partial charge in [-0.3, -0.25) is 9.36 Å². The van der Waals surface area contributed by atoms with E-state index in [9.17, 15) is 4.79 Å². The molecule has 1 heterocycles. The number of aromatic nitrogens is 1. The van der Waals surface area contributed by atoms with Crippen LogP contribution >= 0.6 is 15.9 Å². The second kappa shape index (κ2) is 4.42. The molecule has 0 saturated heterocycles. The molecule has 3 nitrogen and oxygen atoms in total. The summed E-state index contributed by atoms with van der Waals surface area (Å²) in [6.07, 6.45) is 1.70. The van der Waals surface area contributed by atoms with E-state index < -0.39 is 0 Å². The van der Waals surface area contributed by atoms with Crippen molar-refractivity contribution in [3.63, 3.8) is 0 Å². The number of hydrogen-bond acceptors (Lipinski definition) is 2. The summed E-state index contributed by atoms with van der Waals surface area (Å²) in [5.41, 5.74) is -0.0639. The van der Waals surface area contributed by atoms with Crippen LogP contribution in [0.3, 0.4) is 0 Å². The summed E-state index contributed by atoms with van der Waals surface area (Å²) in [5, 5.41) is 0. The van der Waals surface area contributed by atoms with Gasteiger partial charge in [-0.25, -0.2) is 0 Å². The van der Waals surface area contributed by atoms with Gasteiger partial charge in [-0.05, 0) is 35.0 Å². The Morgan fingerprint density at radius 3 is 3.08 bits per heavy atom. The Bertz CT molecular complexity index is 308. The lowest BCUT2D eigenvalue weighted by molar-refractivity contribution is 0.0852. The van der Waals surface area contributed by atoms with Crippen LogP contribution in [-0.4, -0.2) is 11.2 Å². The van der Waals surface area contributed by atoms with Crippen molar-refractivity contribution in [3.8, 4) is 0 Å². The third-order valence-electron chi connectivity index (χ3n) is 1.41. The molecule has 0 atom stereocenters. The molecule has 4 heteroatoms. The third-order valence-corrected chi connectivity index (χ3v) is 2.01. The van der Waals surface area contributed by atoms with Crippen LogP contribution < -0.4 is 5.56 Å². The van der Waals surface area contributed by atoms with E-state index in [1.165, 1.54) is 4.57 Å². The summed E-state index contributed by atoms with van der Waals surface area (Å²) in [6, 6.07) is 3.51. The maximum atomic E-state index is 11.3. The van der Waals surface area contributed by atoms with Crippen molar-refractivity contribution in [1.29, 1.82) is 0 Å². The zero-order valence-corrected chi connectivity index (χ0v) is 8.37. The third kappa shape index (κ3) is 2.19. The zero-order chi connectivity index (χ0) is 8.97. The summed E-state index contributed by atoms with van der Waals surface area (Å²) < 4.78 is 7.16. The van der Waals surface area contributed by atoms with Crippen LogP contribution in [0.15, 0.2) is 27.6 Å². The second-order valence-electron chi connectivity index (χ2n) is 2.25. The molecule has 0 aliphatic carbocycles. The fraction of sp³-hybridized carbons (Fsp3) is 0.375. The molecule has 0 fully saturated rings. The Morgan fingerprint density at radius 2 is 2.42 bits per heavy atom. The van der Waals surface area contributed by atoms with Crippen molar-refractivity contribution >= 4 is 15.9 Å². The molecule has 66 valence electrons. The Labute approximate surface area is 79.1 Å². The van der Waals surface area contributed by atoms with Gasteiger partial charge in [-0.15, -0.1) is 0 Å². The van der Waals surface area contributed by atoms with E-state index in [2.05, 4.69) is 15.9 Å². The average molecular weight is 232 g/mol. The summed E-state index contributed by atoms with van der Waals surface area (Å²) >= 11 is 3.15. The number of nitrogens with zero attached hydrogens (tertiary/aromatic N) is 1. The molecular weight excluding hydrogens is 222 g/mol. The number of hydrogen-bond donors (Lipinski definition) is 0. The Hall–Kier alpha value is -0.610. The predicted octanol–water partition coefficient (Wildman–Crippen LogP) is 1.60. The minimum atomic E-state index is -0.0639. The first kappa shape index (κ1) is 9.48. The molecule has 0 radical (unpaired) electrons. The van der Waals surface area contributed by atoms with Crippen molar-refractivity contribution in [1.82, 2.24) is 4.57 Å². The molecule has 12 heavy (non-hydrogen) atoms. The first-order chi connectivity index (χ1) is 5.75. The van der Waals surface area contributed by atoms with Crippen LogP contribution in [0.1, 0.15) is 6.92 Å². The van der Waals surface area contributed by atoms with E-state index >= 15 is 0 Å². The van der Waals surface area contributed by atoms with Gasteiger partial charge >= 0.3 is 0 Å². The Morgan fingerprint density at radius 1 is 1.67 bits per heavy atom. The summed E-state index contributed by atoms with van der Waals surface area (Å²) in [6.45, 7) is 2.82. The predicted molar refractivity (Wildman–Crippen MR) is 50.0 cm³/mol. The molecule has 0 spiro atoms. The van der Waals surface area contributed by atoms with E-state index in [1.807, 2.05) is 6.92 Å². The van der Waals surface area contributed by atoms with Gasteiger partial charge in [0.1, 0.15) is 6.73 Å². The van der Waals surface area contributed by atoms with Gasteiger partial charge < -0.3 is 4.74 Å². The lowest BCUT2D eigenvalue weighted by Gasteiger charge is -2.04. The maximum absolute atomic E-state index is 11.3. The lowest BCUT2D eigenvalue weighted by Crippen LogP contribution is -2.20. The molecular formula is C8H10BrNO2. The lowest BCUT2D eigenvalue weighted by atomic mass is 10.5. The van der Waals surface area contributed by atoms with Gasteiger partial charge in [0.25, 0.3) is 5.56 Å². The van der Waals surface area contributed by atoms with E-state index in [-0.39, 0.29) is 5.56 Å². The van der Waals surface area contributed by atoms with Crippen LogP contribution in [-0.2, 0) is 11.5 Å².